The highest BCUT2D eigenvalue weighted by Crippen LogP contribution is 2.43. The molecule has 0 radical (unpaired) electrons. The first-order chi connectivity index (χ1) is 13.9. The number of ether oxygens (including phenoxy) is 2. The van der Waals surface area contributed by atoms with Crippen molar-refractivity contribution in [1.29, 1.82) is 5.26 Å². The standard InChI is InChI=1S/C21H16Br2N4O2/c1-11-18-19(12-3-8-17(28-2)16(23)9-12)15(10-24)20(25)29-21(18)27(26-11)14-6-4-13(22)5-7-14/h3-9,20H,25H2,1-2H3. The summed E-state index contributed by atoms with van der Waals surface area (Å²) in [6.45, 7) is 1.89. The van der Waals surface area contributed by atoms with Crippen LogP contribution in [0.4, 0.5) is 0 Å². The fraction of sp³-hybridized carbons (Fsp3) is 0.143. The monoisotopic (exact) mass is 514 g/mol. The number of rotatable bonds is 3. The van der Waals surface area contributed by atoms with Gasteiger partial charge in [0.05, 0.1) is 34.1 Å². The largest absolute Gasteiger partial charge is 0.496 e. The molecule has 0 aliphatic carbocycles. The number of hydrogen-bond acceptors (Lipinski definition) is 5. The van der Waals surface area contributed by atoms with E-state index in [0.717, 1.165) is 31.5 Å². The Balaban J connectivity index is 1.96. The summed E-state index contributed by atoms with van der Waals surface area (Å²) in [7, 11) is 1.61. The Hall–Kier alpha value is -2.60. The van der Waals surface area contributed by atoms with Crippen LogP contribution in [-0.2, 0) is 0 Å². The van der Waals surface area contributed by atoms with Gasteiger partial charge in [0.25, 0.3) is 0 Å². The predicted octanol–water partition coefficient (Wildman–Crippen LogP) is 4.72. The molecule has 4 rings (SSSR count). The Labute approximate surface area is 184 Å². The number of nitriles is 1. The van der Waals surface area contributed by atoms with Gasteiger partial charge in [0.15, 0.2) is 6.23 Å². The molecule has 0 fully saturated rings. The van der Waals surface area contributed by atoms with Gasteiger partial charge in [-0.1, -0.05) is 22.0 Å². The van der Waals surface area contributed by atoms with Gasteiger partial charge in [-0.15, -0.1) is 0 Å². The van der Waals surface area contributed by atoms with E-state index >= 15 is 0 Å². The highest BCUT2D eigenvalue weighted by Gasteiger charge is 2.33. The van der Waals surface area contributed by atoms with Crippen molar-refractivity contribution in [3.8, 4) is 23.4 Å². The number of aromatic nitrogens is 2. The summed E-state index contributed by atoms with van der Waals surface area (Å²) in [6.07, 6.45) is -0.895. The van der Waals surface area contributed by atoms with Crippen LogP contribution in [0.5, 0.6) is 11.6 Å². The molecule has 2 heterocycles. The number of fused-ring (bicyclic) bond motifs is 1. The van der Waals surface area contributed by atoms with E-state index < -0.39 is 6.23 Å². The van der Waals surface area contributed by atoms with E-state index in [2.05, 4.69) is 43.0 Å². The smallest absolute Gasteiger partial charge is 0.226 e. The minimum Gasteiger partial charge on any atom is -0.496 e. The normalized spacial score (nSPS) is 15.5. The van der Waals surface area contributed by atoms with Crippen molar-refractivity contribution in [1.82, 2.24) is 9.78 Å². The van der Waals surface area contributed by atoms with Crippen molar-refractivity contribution in [3.63, 3.8) is 0 Å². The Morgan fingerprint density at radius 2 is 1.93 bits per heavy atom. The summed E-state index contributed by atoms with van der Waals surface area (Å²) < 4.78 is 14.7. The predicted molar refractivity (Wildman–Crippen MR) is 117 cm³/mol. The first kappa shape index (κ1) is 19.7. The average Bonchev–Trinajstić information content (AvgIpc) is 3.03. The highest BCUT2D eigenvalue weighted by molar-refractivity contribution is 9.10. The third-order valence-corrected chi connectivity index (χ3v) is 5.84. The molecule has 0 spiro atoms. The second-order valence-corrected chi connectivity index (χ2v) is 8.21. The Kier molecular flexibility index (Phi) is 5.21. The number of halogens is 2. The minimum absolute atomic E-state index is 0.355. The van der Waals surface area contributed by atoms with Gasteiger partial charge < -0.3 is 9.47 Å². The number of benzene rings is 2. The lowest BCUT2D eigenvalue weighted by Crippen LogP contribution is -2.33. The van der Waals surface area contributed by atoms with Crippen LogP contribution in [-0.4, -0.2) is 23.1 Å². The van der Waals surface area contributed by atoms with Gasteiger partial charge in [-0.3, -0.25) is 5.73 Å². The average molecular weight is 516 g/mol. The molecule has 29 heavy (non-hydrogen) atoms. The van der Waals surface area contributed by atoms with E-state index in [4.69, 9.17) is 15.2 Å². The molecule has 2 aromatic carbocycles. The summed E-state index contributed by atoms with van der Waals surface area (Å²) in [5.74, 6) is 1.21. The summed E-state index contributed by atoms with van der Waals surface area (Å²) >= 11 is 6.96. The Bertz CT molecular complexity index is 1180. The molecule has 0 saturated carbocycles. The van der Waals surface area contributed by atoms with Crippen LogP contribution >= 0.6 is 31.9 Å². The number of nitrogens with two attached hydrogens (primary N) is 1. The van der Waals surface area contributed by atoms with Crippen molar-refractivity contribution in [2.24, 2.45) is 5.73 Å². The Morgan fingerprint density at radius 1 is 1.21 bits per heavy atom. The fourth-order valence-electron chi connectivity index (χ4n) is 3.36. The van der Waals surface area contributed by atoms with Crippen LogP contribution in [0.1, 0.15) is 16.8 Å². The van der Waals surface area contributed by atoms with Gasteiger partial charge in [0.2, 0.25) is 5.88 Å². The maximum Gasteiger partial charge on any atom is 0.226 e. The lowest BCUT2D eigenvalue weighted by molar-refractivity contribution is 0.228. The van der Waals surface area contributed by atoms with Crippen molar-refractivity contribution in [2.75, 3.05) is 7.11 Å². The minimum atomic E-state index is -0.895. The summed E-state index contributed by atoms with van der Waals surface area (Å²) in [5, 5.41) is 14.5. The first-order valence-electron chi connectivity index (χ1n) is 8.71. The quantitative estimate of drug-likeness (QED) is 0.545. The molecule has 0 saturated heterocycles. The maximum absolute atomic E-state index is 9.80. The summed E-state index contributed by atoms with van der Waals surface area (Å²) in [4.78, 5) is 0. The van der Waals surface area contributed by atoms with E-state index in [1.165, 1.54) is 0 Å². The van der Waals surface area contributed by atoms with Gasteiger partial charge in [-0.2, -0.15) is 10.4 Å². The topological polar surface area (TPSA) is 86.1 Å². The molecular weight excluding hydrogens is 500 g/mol. The molecule has 1 aromatic heterocycles. The molecule has 0 bridgehead atoms. The van der Waals surface area contributed by atoms with Crippen LogP contribution in [0, 0.1) is 18.3 Å². The molecule has 3 aromatic rings. The van der Waals surface area contributed by atoms with E-state index in [1.807, 2.05) is 49.4 Å². The summed E-state index contributed by atoms with van der Waals surface area (Å²) in [5.41, 5.74) is 10.4. The molecular formula is C21H16Br2N4O2. The molecule has 1 aliphatic rings. The second-order valence-electron chi connectivity index (χ2n) is 6.44. The number of hydrogen-bond donors (Lipinski definition) is 1. The zero-order valence-electron chi connectivity index (χ0n) is 15.6. The van der Waals surface area contributed by atoms with Gasteiger partial charge in [-0.25, -0.2) is 4.68 Å². The molecule has 8 heteroatoms. The lowest BCUT2D eigenvalue weighted by Gasteiger charge is -2.25. The van der Waals surface area contributed by atoms with Gasteiger partial charge in [0, 0.05) is 10.0 Å². The van der Waals surface area contributed by atoms with Crippen molar-refractivity contribution in [2.45, 2.75) is 13.2 Å². The van der Waals surface area contributed by atoms with Crippen molar-refractivity contribution in [3.05, 3.63) is 73.8 Å². The van der Waals surface area contributed by atoms with Crippen LogP contribution in [0.2, 0.25) is 0 Å². The lowest BCUT2D eigenvalue weighted by atomic mass is 9.91. The third kappa shape index (κ3) is 3.35. The molecule has 0 amide bonds. The van der Waals surface area contributed by atoms with E-state index in [1.54, 1.807) is 11.8 Å². The number of aryl methyl sites for hydroxylation is 1. The zero-order valence-corrected chi connectivity index (χ0v) is 18.8. The highest BCUT2D eigenvalue weighted by atomic mass is 79.9. The van der Waals surface area contributed by atoms with Crippen LogP contribution in [0.25, 0.3) is 11.3 Å². The SMILES string of the molecule is COc1ccc(C2=C(C#N)C(N)Oc3c2c(C)nn3-c2ccc(Br)cc2)cc1Br. The van der Waals surface area contributed by atoms with E-state index in [-0.39, 0.29) is 0 Å². The molecule has 2 N–H and O–H groups in total. The maximum atomic E-state index is 9.80. The fourth-order valence-corrected chi connectivity index (χ4v) is 4.16. The van der Waals surface area contributed by atoms with Gasteiger partial charge in [-0.05, 0) is 64.8 Å². The van der Waals surface area contributed by atoms with Crippen molar-refractivity contribution >= 4 is 37.4 Å². The number of methoxy groups -OCH3 is 1. The van der Waals surface area contributed by atoms with E-state index in [0.29, 0.717) is 22.8 Å². The molecule has 1 atom stereocenters. The molecule has 6 nitrogen and oxygen atoms in total. The second kappa shape index (κ2) is 7.67. The summed E-state index contributed by atoms with van der Waals surface area (Å²) in [6, 6.07) is 15.6. The van der Waals surface area contributed by atoms with Crippen LogP contribution < -0.4 is 15.2 Å². The van der Waals surface area contributed by atoms with Crippen LogP contribution in [0.15, 0.2) is 57.0 Å². The van der Waals surface area contributed by atoms with E-state index in [9.17, 15) is 5.26 Å². The van der Waals surface area contributed by atoms with Gasteiger partial charge in [0.1, 0.15) is 11.8 Å². The molecule has 146 valence electrons. The third-order valence-electron chi connectivity index (χ3n) is 4.69. The zero-order chi connectivity index (χ0) is 20.7. The van der Waals surface area contributed by atoms with Crippen LogP contribution in [0.3, 0.4) is 0 Å². The molecule has 1 aliphatic heterocycles. The van der Waals surface area contributed by atoms with Crippen molar-refractivity contribution < 1.29 is 9.47 Å². The first-order valence-corrected chi connectivity index (χ1v) is 10.3. The van der Waals surface area contributed by atoms with Gasteiger partial charge >= 0.3 is 0 Å². The molecule has 1 unspecified atom stereocenters. The Morgan fingerprint density at radius 3 is 2.55 bits per heavy atom. The number of nitrogens with zero attached hydrogens (tertiary/aromatic N) is 3.